The highest BCUT2D eigenvalue weighted by Gasteiger charge is 2.27. The van der Waals surface area contributed by atoms with Gasteiger partial charge in [0.05, 0.1) is 6.67 Å². The lowest BCUT2D eigenvalue weighted by atomic mass is 10.1. The van der Waals surface area contributed by atoms with Gasteiger partial charge in [-0.3, -0.25) is 10.1 Å². The van der Waals surface area contributed by atoms with Gasteiger partial charge in [-0.25, -0.2) is 0 Å². The molecule has 2 heterocycles. The molecule has 1 atom stereocenters. The minimum absolute atomic E-state index is 0.0842. The van der Waals surface area contributed by atoms with Gasteiger partial charge in [-0.15, -0.1) is 0 Å². The summed E-state index contributed by atoms with van der Waals surface area (Å²) < 4.78 is 0. The number of amides is 1. The van der Waals surface area contributed by atoms with E-state index in [0.29, 0.717) is 6.54 Å². The Morgan fingerprint density at radius 2 is 2.12 bits per heavy atom. The largest absolute Gasteiger partial charge is 0.373 e. The molecule has 2 aliphatic rings. The number of anilines is 2. The Labute approximate surface area is 154 Å². The molecule has 1 saturated heterocycles. The molecule has 1 fully saturated rings. The molecule has 1 amide bonds. The Balaban J connectivity index is 1.33. The third kappa shape index (κ3) is 3.40. The SMILES string of the molecule is Cc1cccc2c1NC(C(=O)NCCc1ccccc1N1CCNC1)C2. The third-order valence-corrected chi connectivity index (χ3v) is 5.31. The van der Waals surface area contributed by atoms with Crippen LogP contribution in [0.15, 0.2) is 42.5 Å². The number of fused-ring (bicyclic) bond motifs is 1. The summed E-state index contributed by atoms with van der Waals surface area (Å²) in [5.41, 5.74) is 6.12. The summed E-state index contributed by atoms with van der Waals surface area (Å²) >= 11 is 0. The number of para-hydroxylation sites is 2. The summed E-state index contributed by atoms with van der Waals surface area (Å²) in [6.07, 6.45) is 1.61. The van der Waals surface area contributed by atoms with Crippen molar-refractivity contribution in [2.45, 2.75) is 25.8 Å². The van der Waals surface area contributed by atoms with Gasteiger partial charge in [0, 0.05) is 37.4 Å². The Kier molecular flexibility index (Phi) is 4.80. The number of hydrogen-bond acceptors (Lipinski definition) is 4. The molecule has 2 aromatic rings. The zero-order chi connectivity index (χ0) is 17.9. The van der Waals surface area contributed by atoms with Gasteiger partial charge in [-0.05, 0) is 36.1 Å². The van der Waals surface area contributed by atoms with Crippen molar-refractivity contribution in [1.29, 1.82) is 0 Å². The van der Waals surface area contributed by atoms with Crippen LogP contribution in [0.2, 0.25) is 0 Å². The first-order valence-electron chi connectivity index (χ1n) is 9.38. The fourth-order valence-electron chi connectivity index (χ4n) is 3.90. The highest BCUT2D eigenvalue weighted by atomic mass is 16.2. The lowest BCUT2D eigenvalue weighted by molar-refractivity contribution is -0.121. The van der Waals surface area contributed by atoms with Crippen molar-refractivity contribution in [2.24, 2.45) is 0 Å². The first-order valence-corrected chi connectivity index (χ1v) is 9.38. The van der Waals surface area contributed by atoms with Crippen LogP contribution in [0.5, 0.6) is 0 Å². The number of hydrogen-bond donors (Lipinski definition) is 3. The van der Waals surface area contributed by atoms with Gasteiger partial charge in [0.25, 0.3) is 0 Å². The second kappa shape index (κ2) is 7.38. The highest BCUT2D eigenvalue weighted by Crippen LogP contribution is 2.29. The van der Waals surface area contributed by atoms with E-state index in [1.165, 1.54) is 22.4 Å². The van der Waals surface area contributed by atoms with Gasteiger partial charge >= 0.3 is 0 Å². The first-order chi connectivity index (χ1) is 12.7. The van der Waals surface area contributed by atoms with Gasteiger partial charge < -0.3 is 15.5 Å². The van der Waals surface area contributed by atoms with Crippen molar-refractivity contribution < 1.29 is 4.79 Å². The molecule has 0 bridgehead atoms. The molecule has 0 radical (unpaired) electrons. The molecule has 0 spiro atoms. The third-order valence-electron chi connectivity index (χ3n) is 5.31. The number of aryl methyl sites for hydroxylation is 1. The van der Waals surface area contributed by atoms with Crippen LogP contribution in [0.25, 0.3) is 0 Å². The van der Waals surface area contributed by atoms with Crippen LogP contribution in [-0.4, -0.2) is 38.3 Å². The van der Waals surface area contributed by atoms with Crippen LogP contribution in [-0.2, 0) is 17.6 Å². The van der Waals surface area contributed by atoms with E-state index in [2.05, 4.69) is 70.2 Å². The molecule has 3 N–H and O–H groups in total. The number of nitrogens with zero attached hydrogens (tertiary/aromatic N) is 1. The summed E-state index contributed by atoms with van der Waals surface area (Å²) in [4.78, 5) is 14.9. The highest BCUT2D eigenvalue weighted by molar-refractivity contribution is 5.87. The molecular formula is C21H26N4O. The average Bonchev–Trinajstić information content (AvgIpc) is 3.32. The second-order valence-corrected chi connectivity index (χ2v) is 7.10. The second-order valence-electron chi connectivity index (χ2n) is 7.10. The summed E-state index contributed by atoms with van der Waals surface area (Å²) in [6.45, 7) is 5.69. The summed E-state index contributed by atoms with van der Waals surface area (Å²) in [6, 6.07) is 14.6. The van der Waals surface area contributed by atoms with Gasteiger partial charge in [0.1, 0.15) is 6.04 Å². The lowest BCUT2D eigenvalue weighted by Crippen LogP contribution is -2.39. The molecule has 0 aromatic heterocycles. The summed E-state index contributed by atoms with van der Waals surface area (Å²) in [5, 5.41) is 9.86. The summed E-state index contributed by atoms with van der Waals surface area (Å²) in [5.74, 6) is 0.0842. The van der Waals surface area contributed by atoms with E-state index in [4.69, 9.17) is 0 Å². The minimum Gasteiger partial charge on any atom is -0.373 e. The zero-order valence-electron chi connectivity index (χ0n) is 15.2. The molecule has 2 aliphatic heterocycles. The van der Waals surface area contributed by atoms with Crippen LogP contribution in [0, 0.1) is 6.92 Å². The molecule has 26 heavy (non-hydrogen) atoms. The number of benzene rings is 2. The van der Waals surface area contributed by atoms with E-state index in [1.807, 2.05) is 0 Å². The zero-order valence-corrected chi connectivity index (χ0v) is 15.2. The van der Waals surface area contributed by atoms with Crippen LogP contribution in [0.4, 0.5) is 11.4 Å². The quantitative estimate of drug-likeness (QED) is 0.773. The van der Waals surface area contributed by atoms with Gasteiger partial charge in [-0.1, -0.05) is 36.4 Å². The monoisotopic (exact) mass is 350 g/mol. The molecule has 136 valence electrons. The Hall–Kier alpha value is -2.53. The van der Waals surface area contributed by atoms with E-state index in [9.17, 15) is 4.79 Å². The van der Waals surface area contributed by atoms with E-state index >= 15 is 0 Å². The van der Waals surface area contributed by atoms with Crippen molar-refractivity contribution in [3.05, 3.63) is 59.2 Å². The topological polar surface area (TPSA) is 56.4 Å². The molecular weight excluding hydrogens is 324 g/mol. The van der Waals surface area contributed by atoms with E-state index in [-0.39, 0.29) is 11.9 Å². The minimum atomic E-state index is -0.163. The first kappa shape index (κ1) is 16.9. The molecule has 5 heteroatoms. The van der Waals surface area contributed by atoms with Gasteiger partial charge in [0.15, 0.2) is 0 Å². The van der Waals surface area contributed by atoms with Crippen molar-refractivity contribution in [3.63, 3.8) is 0 Å². The average molecular weight is 350 g/mol. The van der Waals surface area contributed by atoms with Crippen LogP contribution in [0.3, 0.4) is 0 Å². The fourth-order valence-corrected chi connectivity index (χ4v) is 3.90. The number of carbonyl (C=O) groups is 1. The Bertz CT molecular complexity index is 798. The molecule has 4 rings (SSSR count). The normalized spacial score (nSPS) is 18.5. The summed E-state index contributed by atoms with van der Waals surface area (Å²) in [7, 11) is 0. The van der Waals surface area contributed by atoms with Crippen molar-refractivity contribution in [1.82, 2.24) is 10.6 Å². The predicted octanol–water partition coefficient (Wildman–Crippen LogP) is 2.06. The smallest absolute Gasteiger partial charge is 0.242 e. The van der Waals surface area contributed by atoms with E-state index in [0.717, 1.165) is 38.3 Å². The molecule has 2 aromatic carbocycles. The van der Waals surface area contributed by atoms with Crippen molar-refractivity contribution in [2.75, 3.05) is 36.5 Å². The van der Waals surface area contributed by atoms with Crippen LogP contribution < -0.4 is 20.9 Å². The fraction of sp³-hybridized carbons (Fsp3) is 0.381. The molecule has 0 saturated carbocycles. The number of rotatable bonds is 5. The van der Waals surface area contributed by atoms with Crippen LogP contribution in [0.1, 0.15) is 16.7 Å². The van der Waals surface area contributed by atoms with Gasteiger partial charge in [-0.2, -0.15) is 0 Å². The van der Waals surface area contributed by atoms with E-state index in [1.54, 1.807) is 0 Å². The Morgan fingerprint density at radius 1 is 1.23 bits per heavy atom. The Morgan fingerprint density at radius 3 is 2.92 bits per heavy atom. The van der Waals surface area contributed by atoms with Crippen molar-refractivity contribution >= 4 is 17.3 Å². The predicted molar refractivity (Wildman–Crippen MR) is 106 cm³/mol. The standard InChI is InChI=1S/C21H26N4O/c1-15-5-4-7-17-13-18(24-20(15)17)21(26)23-10-9-16-6-2-3-8-19(16)25-12-11-22-14-25/h2-8,18,22,24H,9-14H2,1H3,(H,23,26). The maximum Gasteiger partial charge on any atom is 0.242 e. The van der Waals surface area contributed by atoms with Crippen molar-refractivity contribution in [3.8, 4) is 0 Å². The molecule has 5 nitrogen and oxygen atoms in total. The molecule has 0 aliphatic carbocycles. The lowest BCUT2D eigenvalue weighted by Gasteiger charge is -2.21. The van der Waals surface area contributed by atoms with Crippen LogP contribution >= 0.6 is 0 Å². The van der Waals surface area contributed by atoms with Gasteiger partial charge in [0.2, 0.25) is 5.91 Å². The maximum atomic E-state index is 12.6. The maximum absolute atomic E-state index is 12.6. The molecule has 1 unspecified atom stereocenters. The van der Waals surface area contributed by atoms with E-state index < -0.39 is 0 Å². The number of nitrogens with one attached hydrogen (secondary N) is 3. The number of carbonyl (C=O) groups excluding carboxylic acids is 1.